The molecule has 0 aromatic heterocycles. The molecule has 0 radical (unpaired) electrons. The van der Waals surface area contributed by atoms with Crippen LogP contribution in [0.3, 0.4) is 0 Å². The maximum absolute atomic E-state index is 12.7. The minimum absolute atomic E-state index is 0.00127. The molecule has 1 saturated carbocycles. The van der Waals surface area contributed by atoms with Crippen LogP contribution in [0.5, 0.6) is 5.75 Å². The van der Waals surface area contributed by atoms with Crippen LogP contribution in [-0.2, 0) is 9.53 Å². The number of aliphatic hydroxyl groups excluding tert-OH is 1. The molecular formula is C24H34NO4+. The van der Waals surface area contributed by atoms with E-state index in [0.29, 0.717) is 19.0 Å². The normalized spacial score (nSPS) is 35.9. The molecule has 7 atom stereocenters. The van der Waals surface area contributed by atoms with Gasteiger partial charge in [-0.15, -0.1) is 0 Å². The Balaban J connectivity index is 1.45. The van der Waals surface area contributed by atoms with Gasteiger partial charge in [0.2, 0.25) is 0 Å². The summed E-state index contributed by atoms with van der Waals surface area (Å²) in [5.41, 5.74) is 2.50. The second kappa shape index (κ2) is 7.77. The van der Waals surface area contributed by atoms with Gasteiger partial charge in [0.05, 0.1) is 13.6 Å². The van der Waals surface area contributed by atoms with Crippen molar-refractivity contribution >= 4 is 5.97 Å². The van der Waals surface area contributed by atoms with Crippen LogP contribution in [0.2, 0.25) is 0 Å². The van der Waals surface area contributed by atoms with Crippen LogP contribution >= 0.6 is 0 Å². The van der Waals surface area contributed by atoms with Gasteiger partial charge < -0.3 is 19.8 Å². The average molecular weight is 401 g/mol. The molecule has 3 aliphatic rings. The van der Waals surface area contributed by atoms with E-state index in [0.717, 1.165) is 16.9 Å². The summed E-state index contributed by atoms with van der Waals surface area (Å²) in [4.78, 5) is 13.8. The number of allylic oxidation sites excluding steroid dienone is 1. The number of aromatic hydroxyl groups is 1. The summed E-state index contributed by atoms with van der Waals surface area (Å²) in [5, 5.41) is 20.0. The molecule has 3 N–H and O–H groups in total. The zero-order chi connectivity index (χ0) is 20.8. The van der Waals surface area contributed by atoms with E-state index in [1.54, 1.807) is 24.3 Å². The van der Waals surface area contributed by atoms with Crippen LogP contribution in [0.15, 0.2) is 35.9 Å². The van der Waals surface area contributed by atoms with E-state index in [-0.39, 0.29) is 35.1 Å². The van der Waals surface area contributed by atoms with Crippen molar-refractivity contribution in [2.24, 2.45) is 23.2 Å². The monoisotopic (exact) mass is 400 g/mol. The maximum atomic E-state index is 12.7. The highest BCUT2D eigenvalue weighted by Gasteiger charge is 2.52. The van der Waals surface area contributed by atoms with Crippen molar-refractivity contribution in [3.8, 4) is 5.75 Å². The summed E-state index contributed by atoms with van der Waals surface area (Å²) in [7, 11) is 2.02. The molecule has 0 bridgehead atoms. The number of phenols is 1. The summed E-state index contributed by atoms with van der Waals surface area (Å²) >= 11 is 0. The number of carbonyl (C=O) groups excluding carboxylic acids is 1. The van der Waals surface area contributed by atoms with Crippen molar-refractivity contribution in [3.05, 3.63) is 41.5 Å². The molecule has 5 nitrogen and oxygen atoms in total. The number of carbonyl (C=O) groups is 1. The number of rotatable bonds is 5. The molecule has 5 heteroatoms. The fourth-order valence-corrected chi connectivity index (χ4v) is 5.89. The highest BCUT2D eigenvalue weighted by Crippen LogP contribution is 2.53. The van der Waals surface area contributed by atoms with Crippen molar-refractivity contribution in [2.45, 2.75) is 51.7 Å². The smallest absolute Gasteiger partial charge is 0.315 e. The van der Waals surface area contributed by atoms with E-state index >= 15 is 0 Å². The van der Waals surface area contributed by atoms with Gasteiger partial charge in [0.25, 0.3) is 0 Å². The molecule has 1 saturated heterocycles. The largest absolute Gasteiger partial charge is 0.508 e. The van der Waals surface area contributed by atoms with Crippen LogP contribution in [0, 0.1) is 23.2 Å². The summed E-state index contributed by atoms with van der Waals surface area (Å²) in [6.07, 6.45) is 6.39. The van der Waals surface area contributed by atoms with E-state index in [1.807, 2.05) is 7.05 Å². The number of hydrogen-bond acceptors (Lipinski definition) is 4. The Kier molecular flexibility index (Phi) is 5.47. The van der Waals surface area contributed by atoms with Crippen molar-refractivity contribution in [2.75, 3.05) is 20.1 Å². The van der Waals surface area contributed by atoms with E-state index < -0.39 is 6.10 Å². The number of esters is 1. The summed E-state index contributed by atoms with van der Waals surface area (Å²) < 4.78 is 5.84. The number of benzene rings is 1. The summed E-state index contributed by atoms with van der Waals surface area (Å²) in [6.45, 7) is 5.83. The summed E-state index contributed by atoms with van der Waals surface area (Å²) in [6, 6.07) is 6.65. The van der Waals surface area contributed by atoms with Gasteiger partial charge in [0.15, 0.2) is 0 Å². The molecule has 2 aliphatic carbocycles. The molecule has 1 unspecified atom stereocenters. The van der Waals surface area contributed by atoms with Crippen LogP contribution in [-0.4, -0.2) is 42.4 Å². The predicted octanol–water partition coefficient (Wildman–Crippen LogP) is 2.25. The van der Waals surface area contributed by atoms with Gasteiger partial charge in [0, 0.05) is 5.92 Å². The Labute approximate surface area is 173 Å². The molecule has 2 fully saturated rings. The van der Waals surface area contributed by atoms with Gasteiger partial charge in [-0.1, -0.05) is 44.1 Å². The third-order valence-electron chi connectivity index (χ3n) is 7.47. The number of quaternary nitrogens is 1. The highest BCUT2D eigenvalue weighted by atomic mass is 16.6. The molecule has 4 rings (SSSR count). The molecule has 158 valence electrons. The Morgan fingerprint density at radius 3 is 2.76 bits per heavy atom. The third-order valence-corrected chi connectivity index (χ3v) is 7.47. The molecule has 1 aliphatic heterocycles. The van der Waals surface area contributed by atoms with E-state index in [4.69, 9.17) is 4.74 Å². The zero-order valence-corrected chi connectivity index (χ0v) is 17.7. The number of ether oxygens (including phenoxy) is 1. The van der Waals surface area contributed by atoms with E-state index in [9.17, 15) is 15.0 Å². The molecule has 1 aromatic carbocycles. The lowest BCUT2D eigenvalue weighted by atomic mass is 9.59. The maximum Gasteiger partial charge on any atom is 0.315 e. The van der Waals surface area contributed by atoms with Crippen LogP contribution in [0.25, 0.3) is 0 Å². The van der Waals surface area contributed by atoms with Crippen molar-refractivity contribution < 1.29 is 24.6 Å². The fourth-order valence-electron chi connectivity index (χ4n) is 5.89. The third kappa shape index (κ3) is 3.95. The number of aliphatic hydroxyl groups is 1. The molecule has 0 amide bonds. The molecule has 1 heterocycles. The SMILES string of the molecule is C[C@@H]1CCC[C@]2(C)C[C@H]3OC(=O)[C@@H](C[NH+](C)C[C@@H](O)c4ccc(O)cc4)[C@H]3C=C12. The Morgan fingerprint density at radius 2 is 2.03 bits per heavy atom. The van der Waals surface area contributed by atoms with Crippen LogP contribution in [0.1, 0.15) is 51.2 Å². The average Bonchev–Trinajstić information content (AvgIpc) is 2.94. The minimum atomic E-state index is -0.629. The van der Waals surface area contributed by atoms with Gasteiger partial charge in [-0.25, -0.2) is 0 Å². The topological polar surface area (TPSA) is 71.2 Å². The zero-order valence-electron chi connectivity index (χ0n) is 17.7. The van der Waals surface area contributed by atoms with Gasteiger partial charge in [0.1, 0.15) is 30.4 Å². The first-order chi connectivity index (χ1) is 13.8. The number of fused-ring (bicyclic) bond motifs is 2. The Morgan fingerprint density at radius 1 is 1.31 bits per heavy atom. The fraction of sp³-hybridized carbons (Fsp3) is 0.625. The Hall–Kier alpha value is -1.85. The van der Waals surface area contributed by atoms with E-state index in [1.165, 1.54) is 24.8 Å². The molecule has 29 heavy (non-hydrogen) atoms. The van der Waals surface area contributed by atoms with Crippen molar-refractivity contribution in [3.63, 3.8) is 0 Å². The number of phenolic OH excluding ortho intramolecular Hbond substituents is 1. The highest BCUT2D eigenvalue weighted by molar-refractivity contribution is 5.76. The molecule has 1 aromatic rings. The molecular weight excluding hydrogens is 366 g/mol. The quantitative estimate of drug-likeness (QED) is 0.524. The number of hydrogen-bond donors (Lipinski definition) is 3. The van der Waals surface area contributed by atoms with Gasteiger partial charge >= 0.3 is 5.97 Å². The van der Waals surface area contributed by atoms with Gasteiger partial charge in [-0.05, 0) is 48.3 Å². The first-order valence-electron chi connectivity index (χ1n) is 11.0. The van der Waals surface area contributed by atoms with Crippen LogP contribution in [0.4, 0.5) is 0 Å². The van der Waals surface area contributed by atoms with Crippen molar-refractivity contribution in [1.82, 2.24) is 0 Å². The lowest BCUT2D eigenvalue weighted by Gasteiger charge is -2.46. The van der Waals surface area contributed by atoms with Gasteiger partial charge in [-0.3, -0.25) is 4.79 Å². The lowest BCUT2D eigenvalue weighted by Crippen LogP contribution is -3.10. The van der Waals surface area contributed by atoms with Crippen molar-refractivity contribution in [1.29, 1.82) is 0 Å². The Bertz CT molecular complexity index is 789. The first-order valence-corrected chi connectivity index (χ1v) is 11.0. The predicted molar refractivity (Wildman–Crippen MR) is 110 cm³/mol. The number of likely N-dealkylation sites (N-methyl/N-ethyl adjacent to an activating group) is 1. The second-order valence-corrected chi connectivity index (χ2v) is 9.81. The summed E-state index contributed by atoms with van der Waals surface area (Å²) in [5.74, 6) is 0.721. The lowest BCUT2D eigenvalue weighted by molar-refractivity contribution is -0.886. The molecule has 0 spiro atoms. The number of nitrogens with one attached hydrogen (secondary N) is 1. The second-order valence-electron chi connectivity index (χ2n) is 9.81. The first kappa shape index (κ1) is 20.4. The van der Waals surface area contributed by atoms with Crippen LogP contribution < -0.4 is 4.90 Å². The minimum Gasteiger partial charge on any atom is -0.508 e. The van der Waals surface area contributed by atoms with E-state index in [2.05, 4.69) is 19.9 Å². The standard InChI is InChI=1S/C24H33NO4/c1-15-5-4-10-24(2)12-22-18(11-20(15)24)19(23(28)29-22)13-25(3)14-21(27)16-6-8-17(26)9-7-16/h6-9,11,15,18-19,21-22,26-27H,4-5,10,12-14H2,1-3H3/p+1/t15-,18-,19+,21-,22-,24-/m1/s1. The van der Waals surface area contributed by atoms with Gasteiger partial charge in [-0.2, -0.15) is 0 Å².